The number of likely N-dealkylation sites (tertiary alicyclic amines) is 1. The van der Waals surface area contributed by atoms with E-state index in [4.69, 9.17) is 19.4 Å². The van der Waals surface area contributed by atoms with E-state index in [0.717, 1.165) is 52.0 Å². The first-order valence-corrected chi connectivity index (χ1v) is 8.77. The number of fused-ring (bicyclic) bond motifs is 1. The molecule has 3 aliphatic rings. The molecule has 150 valence electrons. The molecule has 0 aromatic heterocycles. The number of halogens is 3. The Morgan fingerprint density at radius 3 is 2.50 bits per heavy atom. The van der Waals surface area contributed by atoms with E-state index < -0.39 is 12.1 Å². The maximum Gasteiger partial charge on any atom is 0.490 e. The molecule has 3 heterocycles. The van der Waals surface area contributed by atoms with Gasteiger partial charge in [-0.2, -0.15) is 13.2 Å². The summed E-state index contributed by atoms with van der Waals surface area (Å²) in [5.74, 6) is -1.35. The number of hydrogen-bond acceptors (Lipinski definition) is 5. The Kier molecular flexibility index (Phi) is 7.66. The summed E-state index contributed by atoms with van der Waals surface area (Å²) in [6.45, 7) is 5.68. The van der Waals surface area contributed by atoms with Crippen LogP contribution in [0.3, 0.4) is 0 Å². The fourth-order valence-electron chi connectivity index (χ4n) is 3.45. The van der Waals surface area contributed by atoms with Gasteiger partial charge in [0.05, 0.1) is 12.7 Å². The molecule has 26 heavy (non-hydrogen) atoms. The van der Waals surface area contributed by atoms with Crippen LogP contribution in [0.1, 0.15) is 19.3 Å². The molecule has 3 aliphatic heterocycles. The fourth-order valence-corrected chi connectivity index (χ4v) is 3.45. The normalized spacial score (nSPS) is 27.8. The van der Waals surface area contributed by atoms with Crippen molar-refractivity contribution in [1.29, 1.82) is 0 Å². The Hall–Kier alpha value is -1.39. The van der Waals surface area contributed by atoms with Crippen molar-refractivity contribution < 1.29 is 37.3 Å². The van der Waals surface area contributed by atoms with Crippen LogP contribution in [0, 0.1) is 11.8 Å². The van der Waals surface area contributed by atoms with Crippen LogP contribution in [-0.4, -0.2) is 80.2 Å². The maximum atomic E-state index is 11.8. The number of rotatable bonds is 5. The zero-order chi connectivity index (χ0) is 19.2. The van der Waals surface area contributed by atoms with Crippen LogP contribution in [0.15, 0.2) is 0 Å². The van der Waals surface area contributed by atoms with Gasteiger partial charge in [-0.1, -0.05) is 0 Å². The molecule has 0 spiro atoms. The van der Waals surface area contributed by atoms with Gasteiger partial charge in [0.2, 0.25) is 5.91 Å². The van der Waals surface area contributed by atoms with E-state index in [2.05, 4.69) is 5.32 Å². The van der Waals surface area contributed by atoms with Gasteiger partial charge in [0.25, 0.3) is 0 Å². The summed E-state index contributed by atoms with van der Waals surface area (Å²) in [6, 6.07) is 0. The zero-order valence-electron chi connectivity index (χ0n) is 14.5. The third-order valence-corrected chi connectivity index (χ3v) is 4.89. The average Bonchev–Trinajstić information content (AvgIpc) is 3.29. The molecular formula is C16H25F3N2O5. The van der Waals surface area contributed by atoms with Crippen LogP contribution in [0.2, 0.25) is 0 Å². The maximum absolute atomic E-state index is 11.8. The second-order valence-electron chi connectivity index (χ2n) is 6.69. The molecule has 7 nitrogen and oxygen atoms in total. The van der Waals surface area contributed by atoms with Crippen molar-refractivity contribution in [1.82, 2.24) is 10.2 Å². The lowest BCUT2D eigenvalue weighted by atomic mass is 9.91. The third kappa shape index (κ3) is 6.10. The van der Waals surface area contributed by atoms with Crippen molar-refractivity contribution in [3.05, 3.63) is 0 Å². The number of carboxylic acids is 1. The zero-order valence-corrected chi connectivity index (χ0v) is 14.5. The van der Waals surface area contributed by atoms with E-state index in [9.17, 15) is 18.0 Å². The Balaban J connectivity index is 0.000000298. The first-order valence-electron chi connectivity index (χ1n) is 8.77. The molecule has 10 heteroatoms. The lowest BCUT2D eigenvalue weighted by molar-refractivity contribution is -0.192. The number of alkyl halides is 3. The second-order valence-corrected chi connectivity index (χ2v) is 6.69. The van der Waals surface area contributed by atoms with E-state index in [1.54, 1.807) is 0 Å². The van der Waals surface area contributed by atoms with Gasteiger partial charge in [-0.05, 0) is 25.2 Å². The number of carboxylic acid groups (broad SMARTS) is 1. The number of hydrogen-bond donors (Lipinski definition) is 2. The number of aliphatic carboxylic acids is 1. The summed E-state index contributed by atoms with van der Waals surface area (Å²) in [4.78, 5) is 22.6. The van der Waals surface area contributed by atoms with Crippen molar-refractivity contribution in [3.8, 4) is 0 Å². The smallest absolute Gasteiger partial charge is 0.475 e. The molecule has 1 amide bonds. The van der Waals surface area contributed by atoms with Gasteiger partial charge in [0.1, 0.15) is 6.61 Å². The monoisotopic (exact) mass is 382 g/mol. The van der Waals surface area contributed by atoms with Crippen LogP contribution in [0.5, 0.6) is 0 Å². The molecule has 0 saturated carbocycles. The number of nitrogens with zero attached hydrogens (tertiary/aromatic N) is 1. The Morgan fingerprint density at radius 2 is 1.88 bits per heavy atom. The van der Waals surface area contributed by atoms with Gasteiger partial charge < -0.3 is 24.8 Å². The molecule has 2 N–H and O–H groups in total. The highest BCUT2D eigenvalue weighted by molar-refractivity contribution is 5.77. The predicted molar refractivity (Wildman–Crippen MR) is 84.5 cm³/mol. The van der Waals surface area contributed by atoms with E-state index in [-0.39, 0.29) is 12.5 Å². The molecule has 0 bridgehead atoms. The number of amides is 1. The van der Waals surface area contributed by atoms with Crippen LogP contribution >= 0.6 is 0 Å². The predicted octanol–water partition coefficient (Wildman–Crippen LogP) is 0.883. The van der Waals surface area contributed by atoms with Crippen LogP contribution in [0.25, 0.3) is 0 Å². The van der Waals surface area contributed by atoms with Gasteiger partial charge in [0, 0.05) is 38.7 Å². The summed E-state index contributed by atoms with van der Waals surface area (Å²) in [6.07, 6.45) is -1.38. The first-order chi connectivity index (χ1) is 12.3. The summed E-state index contributed by atoms with van der Waals surface area (Å²) in [5.41, 5.74) is 0. The third-order valence-electron chi connectivity index (χ3n) is 4.89. The van der Waals surface area contributed by atoms with Gasteiger partial charge in [-0.3, -0.25) is 4.79 Å². The Morgan fingerprint density at radius 1 is 1.23 bits per heavy atom. The van der Waals surface area contributed by atoms with Crippen molar-refractivity contribution in [2.75, 3.05) is 46.0 Å². The minimum absolute atomic E-state index is 0.153. The largest absolute Gasteiger partial charge is 0.490 e. The molecule has 3 saturated heterocycles. The number of carbonyl (C=O) groups is 2. The average molecular weight is 382 g/mol. The van der Waals surface area contributed by atoms with Crippen molar-refractivity contribution in [2.24, 2.45) is 11.8 Å². The topological polar surface area (TPSA) is 88.1 Å². The summed E-state index contributed by atoms with van der Waals surface area (Å²) >= 11 is 0. The summed E-state index contributed by atoms with van der Waals surface area (Å²) in [7, 11) is 0. The number of nitrogens with one attached hydrogen (secondary N) is 1. The van der Waals surface area contributed by atoms with E-state index in [0.29, 0.717) is 24.5 Å². The second kappa shape index (κ2) is 9.52. The summed E-state index contributed by atoms with van der Waals surface area (Å²) in [5, 5.41) is 10.5. The lowest BCUT2D eigenvalue weighted by Gasteiger charge is -2.17. The molecular weight excluding hydrogens is 357 g/mol. The Bertz CT molecular complexity index is 483. The van der Waals surface area contributed by atoms with E-state index in [1.807, 2.05) is 4.90 Å². The van der Waals surface area contributed by atoms with Crippen LogP contribution in [0.4, 0.5) is 13.2 Å². The van der Waals surface area contributed by atoms with E-state index in [1.165, 1.54) is 0 Å². The summed E-state index contributed by atoms with van der Waals surface area (Å²) < 4.78 is 43.0. The number of ether oxygens (including phenoxy) is 2. The minimum atomic E-state index is -5.08. The Labute approximate surface area is 149 Å². The quantitative estimate of drug-likeness (QED) is 0.687. The van der Waals surface area contributed by atoms with E-state index >= 15 is 0 Å². The van der Waals surface area contributed by atoms with Crippen molar-refractivity contribution in [2.45, 2.75) is 31.5 Å². The van der Waals surface area contributed by atoms with Gasteiger partial charge in [-0.15, -0.1) is 0 Å². The highest BCUT2D eigenvalue weighted by Crippen LogP contribution is 2.31. The van der Waals surface area contributed by atoms with Crippen molar-refractivity contribution >= 4 is 11.9 Å². The molecule has 3 rings (SSSR count). The molecule has 3 fully saturated rings. The first kappa shape index (κ1) is 20.9. The van der Waals surface area contributed by atoms with Crippen LogP contribution < -0.4 is 5.32 Å². The standard InChI is InChI=1S/C14H24N2O3.C2HF3O2/c17-14(16-4-1-2-5-16)10-18-6-3-11-9-19-13-8-15-7-12(11)13;3-2(4,5)1(6)7/h11-13,15H,1-10H2;(H,6,7)/t11-,12-,13-;/m0./s1. The molecule has 0 aliphatic carbocycles. The minimum Gasteiger partial charge on any atom is -0.475 e. The molecule has 0 unspecified atom stereocenters. The molecule has 0 radical (unpaired) electrons. The lowest BCUT2D eigenvalue weighted by Crippen LogP contribution is -2.31. The number of carbonyl (C=O) groups excluding carboxylic acids is 1. The highest BCUT2D eigenvalue weighted by Gasteiger charge is 2.40. The molecule has 0 aromatic rings. The molecule has 3 atom stereocenters. The van der Waals surface area contributed by atoms with Gasteiger partial charge in [-0.25, -0.2) is 4.79 Å². The van der Waals surface area contributed by atoms with Gasteiger partial charge >= 0.3 is 12.1 Å². The fraction of sp³-hybridized carbons (Fsp3) is 0.875. The highest BCUT2D eigenvalue weighted by atomic mass is 19.4. The van der Waals surface area contributed by atoms with Crippen LogP contribution in [-0.2, 0) is 19.1 Å². The molecule has 0 aromatic carbocycles. The SMILES string of the molecule is O=C(COCC[C@H]1CO[C@H]2CNC[C@@H]12)N1CCCC1.O=C(O)C(F)(F)F. The van der Waals surface area contributed by atoms with Crippen molar-refractivity contribution in [3.63, 3.8) is 0 Å². The van der Waals surface area contributed by atoms with Gasteiger partial charge in [0.15, 0.2) is 0 Å².